The lowest BCUT2D eigenvalue weighted by molar-refractivity contribution is -0.141. The molecule has 1 N–H and O–H groups in total. The van der Waals surface area contributed by atoms with Gasteiger partial charge in [0.15, 0.2) is 0 Å². The zero-order valence-electron chi connectivity index (χ0n) is 25.1. The number of nitrogens with one attached hydrogen (secondary N) is 1. The zero-order valence-corrected chi connectivity index (χ0v) is 26.0. The molecular weight excluding hydrogens is 574 g/mol. The predicted molar refractivity (Wildman–Crippen MR) is 172 cm³/mol. The number of hydrogen-bond acceptors (Lipinski definition) is 5. The van der Waals surface area contributed by atoms with Crippen molar-refractivity contribution in [3.05, 3.63) is 138 Å². The number of rotatable bonds is 15. The van der Waals surface area contributed by atoms with Crippen LogP contribution in [-0.4, -0.2) is 61.9 Å². The Labute approximate surface area is 260 Å². The van der Waals surface area contributed by atoms with Crippen LogP contribution in [0, 0.1) is 0 Å². The summed E-state index contributed by atoms with van der Waals surface area (Å²) in [6.45, 7) is 0.159. The molecular formula is C35H39N3O5S. The van der Waals surface area contributed by atoms with E-state index in [9.17, 15) is 18.0 Å². The molecule has 230 valence electrons. The minimum absolute atomic E-state index is 0.0437. The molecule has 0 aromatic heterocycles. The van der Waals surface area contributed by atoms with Crippen LogP contribution < -0.4 is 10.1 Å². The molecule has 44 heavy (non-hydrogen) atoms. The second kappa shape index (κ2) is 15.8. The fourth-order valence-electron chi connectivity index (χ4n) is 4.89. The van der Waals surface area contributed by atoms with Crippen LogP contribution in [0.3, 0.4) is 0 Å². The summed E-state index contributed by atoms with van der Waals surface area (Å²) in [6, 6.07) is 34.8. The monoisotopic (exact) mass is 613 g/mol. The molecule has 1 atom stereocenters. The number of nitrogens with zero attached hydrogens (tertiary/aromatic N) is 2. The van der Waals surface area contributed by atoms with Crippen molar-refractivity contribution in [1.29, 1.82) is 0 Å². The zero-order chi connectivity index (χ0) is 31.4. The van der Waals surface area contributed by atoms with Gasteiger partial charge < -0.3 is 15.0 Å². The molecule has 2 amide bonds. The Bertz CT molecular complexity index is 1580. The van der Waals surface area contributed by atoms with Crippen molar-refractivity contribution in [1.82, 2.24) is 14.5 Å². The van der Waals surface area contributed by atoms with Crippen molar-refractivity contribution in [2.75, 3.05) is 26.5 Å². The van der Waals surface area contributed by atoms with Crippen molar-refractivity contribution in [2.45, 2.75) is 32.0 Å². The van der Waals surface area contributed by atoms with E-state index >= 15 is 0 Å². The van der Waals surface area contributed by atoms with Crippen LogP contribution >= 0.6 is 0 Å². The predicted octanol–water partition coefficient (Wildman–Crippen LogP) is 4.46. The molecule has 0 unspecified atom stereocenters. The summed E-state index contributed by atoms with van der Waals surface area (Å²) in [5.74, 6) is -0.00626. The lowest BCUT2D eigenvalue weighted by atomic mass is 10.0. The topological polar surface area (TPSA) is 96.0 Å². The Morgan fingerprint density at radius 1 is 0.727 bits per heavy atom. The summed E-state index contributed by atoms with van der Waals surface area (Å²) in [7, 11) is -2.13. The van der Waals surface area contributed by atoms with Crippen LogP contribution in [0.2, 0.25) is 0 Å². The smallest absolute Gasteiger partial charge is 0.243 e. The average Bonchev–Trinajstić information content (AvgIpc) is 3.03. The molecule has 8 nitrogen and oxygen atoms in total. The number of benzene rings is 4. The summed E-state index contributed by atoms with van der Waals surface area (Å²) < 4.78 is 32.1. The molecule has 0 aliphatic rings. The maximum absolute atomic E-state index is 14.1. The first-order chi connectivity index (χ1) is 21.2. The van der Waals surface area contributed by atoms with Crippen molar-refractivity contribution < 1.29 is 22.7 Å². The fourth-order valence-corrected chi connectivity index (χ4v) is 5.62. The molecule has 0 radical (unpaired) electrons. The van der Waals surface area contributed by atoms with Crippen molar-refractivity contribution in [3.63, 3.8) is 0 Å². The largest absolute Gasteiger partial charge is 0.497 e. The average molecular weight is 614 g/mol. The van der Waals surface area contributed by atoms with Crippen molar-refractivity contribution in [2.24, 2.45) is 0 Å². The Kier molecular flexibility index (Phi) is 11.7. The quantitative estimate of drug-likeness (QED) is 0.214. The highest BCUT2D eigenvalue weighted by Gasteiger charge is 2.32. The van der Waals surface area contributed by atoms with E-state index in [0.717, 1.165) is 38.6 Å². The number of hydrogen-bond donors (Lipinski definition) is 1. The van der Waals surface area contributed by atoms with E-state index in [1.165, 1.54) is 4.90 Å². The molecule has 0 spiro atoms. The van der Waals surface area contributed by atoms with E-state index < -0.39 is 28.5 Å². The summed E-state index contributed by atoms with van der Waals surface area (Å²) in [6.07, 6.45) is 1.96. The lowest BCUT2D eigenvalue weighted by Crippen LogP contribution is -2.53. The van der Waals surface area contributed by atoms with Crippen LogP contribution in [0.4, 0.5) is 0 Å². The molecule has 4 rings (SSSR count). The van der Waals surface area contributed by atoms with E-state index in [4.69, 9.17) is 4.74 Å². The van der Waals surface area contributed by atoms with Gasteiger partial charge in [-0.2, -0.15) is 4.31 Å². The number of carbonyl (C=O) groups excluding carboxylic acids is 2. The molecule has 0 bridgehead atoms. The van der Waals surface area contributed by atoms with Gasteiger partial charge in [-0.3, -0.25) is 9.59 Å². The van der Waals surface area contributed by atoms with Gasteiger partial charge in [-0.15, -0.1) is 0 Å². The first-order valence-corrected chi connectivity index (χ1v) is 16.3. The number of sulfonamides is 1. The Morgan fingerprint density at radius 2 is 1.25 bits per heavy atom. The number of carbonyl (C=O) groups is 2. The molecule has 0 saturated heterocycles. The van der Waals surface area contributed by atoms with Gasteiger partial charge in [-0.05, 0) is 40.8 Å². The van der Waals surface area contributed by atoms with Gasteiger partial charge in [-0.1, -0.05) is 103 Å². The number of methoxy groups -OCH3 is 1. The minimum Gasteiger partial charge on any atom is -0.497 e. The second-order valence-corrected chi connectivity index (χ2v) is 12.6. The first kappa shape index (κ1) is 32.4. The highest BCUT2D eigenvalue weighted by Crippen LogP contribution is 2.17. The molecule has 0 aliphatic carbocycles. The standard InChI is InChI=1S/C35H39N3O5S/c1-43-32-20-18-28(19-21-32)22-23-36-35(40)33(24-29-12-6-3-7-13-29)38(26-31-16-10-5-11-17-31)34(39)27-37(44(2,41)42)25-30-14-8-4-9-15-30/h3-21,33H,22-27H2,1-2H3,(H,36,40)/t33-/m0/s1. The van der Waals surface area contributed by atoms with Gasteiger partial charge in [0.05, 0.1) is 19.9 Å². The van der Waals surface area contributed by atoms with Gasteiger partial charge in [0.25, 0.3) is 0 Å². The number of amides is 2. The maximum atomic E-state index is 14.1. The van der Waals surface area contributed by atoms with Crippen LogP contribution in [0.1, 0.15) is 22.3 Å². The van der Waals surface area contributed by atoms with Gasteiger partial charge >= 0.3 is 0 Å². The van der Waals surface area contributed by atoms with Gasteiger partial charge in [0, 0.05) is 26.1 Å². The highest BCUT2D eigenvalue weighted by atomic mass is 32.2. The molecule has 4 aromatic rings. The number of ether oxygens (including phenoxy) is 1. The van der Waals surface area contributed by atoms with Crippen LogP contribution in [0.15, 0.2) is 115 Å². The molecule has 9 heteroatoms. The van der Waals surface area contributed by atoms with Crippen molar-refractivity contribution in [3.8, 4) is 5.75 Å². The molecule has 0 heterocycles. The van der Waals surface area contributed by atoms with Crippen LogP contribution in [0.25, 0.3) is 0 Å². The Hall–Kier alpha value is -4.47. The molecule has 0 aliphatic heterocycles. The highest BCUT2D eigenvalue weighted by molar-refractivity contribution is 7.88. The molecule has 0 fully saturated rings. The summed E-state index contributed by atoms with van der Waals surface area (Å²) >= 11 is 0. The van der Waals surface area contributed by atoms with Crippen molar-refractivity contribution >= 4 is 21.8 Å². The first-order valence-electron chi connectivity index (χ1n) is 14.5. The summed E-state index contributed by atoms with van der Waals surface area (Å²) in [4.78, 5) is 29.5. The van der Waals surface area contributed by atoms with E-state index in [0.29, 0.717) is 13.0 Å². The van der Waals surface area contributed by atoms with Gasteiger partial charge in [0.1, 0.15) is 11.8 Å². The lowest BCUT2D eigenvalue weighted by Gasteiger charge is -2.33. The van der Waals surface area contributed by atoms with Gasteiger partial charge in [0.2, 0.25) is 21.8 Å². The summed E-state index contributed by atoms with van der Waals surface area (Å²) in [5.41, 5.74) is 3.52. The Balaban J connectivity index is 1.61. The third-order valence-corrected chi connectivity index (χ3v) is 8.52. The Morgan fingerprint density at radius 3 is 1.77 bits per heavy atom. The van der Waals surface area contributed by atoms with E-state index in [2.05, 4.69) is 5.32 Å². The fraction of sp³-hybridized carbons (Fsp3) is 0.257. The van der Waals surface area contributed by atoms with Gasteiger partial charge in [-0.25, -0.2) is 8.42 Å². The minimum atomic E-state index is -3.74. The van der Waals surface area contributed by atoms with E-state index in [-0.39, 0.29) is 25.4 Å². The molecule has 0 saturated carbocycles. The maximum Gasteiger partial charge on any atom is 0.243 e. The third-order valence-electron chi connectivity index (χ3n) is 7.32. The SMILES string of the molecule is COc1ccc(CCNC(=O)[C@H](Cc2ccccc2)N(Cc2ccccc2)C(=O)CN(Cc2ccccc2)S(C)(=O)=O)cc1. The van der Waals surface area contributed by atoms with E-state index in [1.807, 2.05) is 115 Å². The van der Waals surface area contributed by atoms with Crippen LogP contribution in [-0.2, 0) is 45.5 Å². The molecule has 4 aromatic carbocycles. The normalized spacial score (nSPS) is 12.0. The van der Waals surface area contributed by atoms with E-state index in [1.54, 1.807) is 7.11 Å². The summed E-state index contributed by atoms with van der Waals surface area (Å²) in [5, 5.41) is 3.03. The van der Waals surface area contributed by atoms with Crippen LogP contribution in [0.5, 0.6) is 5.75 Å². The second-order valence-electron chi connectivity index (χ2n) is 10.6. The third kappa shape index (κ3) is 9.79.